The molecular weight excluding hydrogens is 286 g/mol. The summed E-state index contributed by atoms with van der Waals surface area (Å²) in [5.41, 5.74) is 4.83. The summed E-state index contributed by atoms with van der Waals surface area (Å²) < 4.78 is 0. The summed E-state index contributed by atoms with van der Waals surface area (Å²) in [5.74, 6) is 0.749. The second-order valence-corrected chi connectivity index (χ2v) is 5.25. The largest absolute Gasteiger partial charge is 0.372 e. The van der Waals surface area contributed by atoms with E-state index in [1.54, 1.807) is 12.4 Å². The molecule has 23 heavy (non-hydrogen) atoms. The molecule has 2 aromatic heterocycles. The molecule has 0 atom stereocenters. The molecule has 0 spiro atoms. The number of hydrogen-bond donors (Lipinski definition) is 1. The van der Waals surface area contributed by atoms with Gasteiger partial charge in [-0.25, -0.2) is 9.97 Å². The molecule has 5 nitrogen and oxygen atoms in total. The Morgan fingerprint density at radius 1 is 1.00 bits per heavy atom. The molecule has 1 N–H and O–H groups in total. The van der Waals surface area contributed by atoms with Gasteiger partial charge in [0.15, 0.2) is 5.82 Å². The van der Waals surface area contributed by atoms with Crippen molar-refractivity contribution >= 4 is 22.5 Å². The first kappa shape index (κ1) is 15.2. The van der Waals surface area contributed by atoms with E-state index in [1.807, 2.05) is 13.1 Å². The fourth-order valence-corrected chi connectivity index (χ4v) is 2.73. The Kier molecular flexibility index (Phi) is 4.37. The third kappa shape index (κ3) is 2.95. The van der Waals surface area contributed by atoms with Crippen LogP contribution in [0.25, 0.3) is 22.3 Å². The maximum atomic E-state index is 4.68. The number of fused-ring (bicyclic) bond motifs is 1. The van der Waals surface area contributed by atoms with Gasteiger partial charge in [0.05, 0.1) is 11.2 Å². The summed E-state index contributed by atoms with van der Waals surface area (Å²) in [7, 11) is 1.85. The molecule has 0 amide bonds. The molecule has 0 aliphatic heterocycles. The van der Waals surface area contributed by atoms with Crippen LogP contribution in [0.15, 0.2) is 42.7 Å². The lowest BCUT2D eigenvalue weighted by atomic mass is 10.1. The Hall–Kier alpha value is -2.69. The zero-order valence-electron chi connectivity index (χ0n) is 13.7. The normalized spacial score (nSPS) is 10.7. The van der Waals surface area contributed by atoms with Crippen LogP contribution in [0.1, 0.15) is 13.8 Å². The molecule has 3 rings (SSSR count). The molecule has 0 aliphatic carbocycles. The number of anilines is 2. The number of pyridine rings is 1. The lowest BCUT2D eigenvalue weighted by Crippen LogP contribution is -2.21. The first-order valence-corrected chi connectivity index (χ1v) is 7.91. The summed E-state index contributed by atoms with van der Waals surface area (Å²) in [4.78, 5) is 15.7. The second kappa shape index (κ2) is 6.60. The zero-order chi connectivity index (χ0) is 16.2. The van der Waals surface area contributed by atoms with Gasteiger partial charge < -0.3 is 10.2 Å². The first-order valence-electron chi connectivity index (χ1n) is 7.91. The van der Waals surface area contributed by atoms with E-state index in [4.69, 9.17) is 0 Å². The molecule has 5 heteroatoms. The molecule has 1 aromatic carbocycles. The van der Waals surface area contributed by atoms with Crippen LogP contribution < -0.4 is 10.2 Å². The molecule has 0 saturated carbocycles. The van der Waals surface area contributed by atoms with E-state index in [0.717, 1.165) is 41.2 Å². The number of benzene rings is 1. The average Bonchev–Trinajstić information content (AvgIpc) is 2.62. The summed E-state index contributed by atoms with van der Waals surface area (Å²) in [6, 6.07) is 10.5. The van der Waals surface area contributed by atoms with Crippen molar-refractivity contribution < 1.29 is 0 Å². The molecule has 3 aromatic rings. The van der Waals surface area contributed by atoms with Crippen molar-refractivity contribution in [3.05, 3.63) is 42.7 Å². The lowest BCUT2D eigenvalue weighted by molar-refractivity contribution is 0.866. The highest BCUT2D eigenvalue weighted by Gasteiger charge is 2.09. The summed E-state index contributed by atoms with van der Waals surface area (Å²) in [6.45, 7) is 6.34. The maximum Gasteiger partial charge on any atom is 0.154 e. The average molecular weight is 307 g/mol. The van der Waals surface area contributed by atoms with E-state index >= 15 is 0 Å². The van der Waals surface area contributed by atoms with Gasteiger partial charge in [0, 0.05) is 43.8 Å². The van der Waals surface area contributed by atoms with Gasteiger partial charge in [0.1, 0.15) is 5.52 Å². The SMILES string of the molecule is CCN(CC)c1ccc(-c2cc3nccnc3c(NC)n2)cc1. The van der Waals surface area contributed by atoms with E-state index in [-0.39, 0.29) is 0 Å². The lowest BCUT2D eigenvalue weighted by Gasteiger charge is -2.21. The topological polar surface area (TPSA) is 53.9 Å². The number of aromatic nitrogens is 3. The summed E-state index contributed by atoms with van der Waals surface area (Å²) in [5, 5.41) is 3.11. The van der Waals surface area contributed by atoms with Gasteiger partial charge in [0.2, 0.25) is 0 Å². The Balaban J connectivity index is 2.03. The van der Waals surface area contributed by atoms with Crippen molar-refractivity contribution in [2.75, 3.05) is 30.4 Å². The van der Waals surface area contributed by atoms with Crippen LogP contribution in [0, 0.1) is 0 Å². The minimum absolute atomic E-state index is 0.749. The van der Waals surface area contributed by atoms with Crippen molar-refractivity contribution in [3.63, 3.8) is 0 Å². The Labute approximate surface area is 136 Å². The minimum atomic E-state index is 0.749. The molecule has 0 aliphatic rings. The van der Waals surface area contributed by atoms with Gasteiger partial charge in [-0.15, -0.1) is 0 Å². The maximum absolute atomic E-state index is 4.68. The van der Waals surface area contributed by atoms with E-state index in [9.17, 15) is 0 Å². The summed E-state index contributed by atoms with van der Waals surface area (Å²) >= 11 is 0. The monoisotopic (exact) mass is 307 g/mol. The third-order valence-electron chi connectivity index (χ3n) is 3.99. The van der Waals surface area contributed by atoms with Crippen LogP contribution in [0.2, 0.25) is 0 Å². The van der Waals surface area contributed by atoms with E-state index < -0.39 is 0 Å². The number of rotatable bonds is 5. The van der Waals surface area contributed by atoms with Crippen molar-refractivity contribution in [1.29, 1.82) is 0 Å². The Morgan fingerprint density at radius 2 is 1.70 bits per heavy atom. The molecule has 0 bridgehead atoms. The van der Waals surface area contributed by atoms with E-state index in [2.05, 4.69) is 63.3 Å². The van der Waals surface area contributed by atoms with Crippen molar-refractivity contribution in [3.8, 4) is 11.3 Å². The standard InChI is InChI=1S/C18H21N5/c1-4-23(5-2)14-8-6-13(7-9-14)15-12-16-17(18(19-3)22-15)21-11-10-20-16/h6-12H,4-5H2,1-3H3,(H,19,22). The fourth-order valence-electron chi connectivity index (χ4n) is 2.73. The van der Waals surface area contributed by atoms with Gasteiger partial charge in [-0.3, -0.25) is 4.98 Å². The smallest absolute Gasteiger partial charge is 0.154 e. The first-order chi connectivity index (χ1) is 11.3. The van der Waals surface area contributed by atoms with Crippen LogP contribution in [0.3, 0.4) is 0 Å². The zero-order valence-corrected chi connectivity index (χ0v) is 13.7. The highest BCUT2D eigenvalue weighted by atomic mass is 15.1. The van der Waals surface area contributed by atoms with Crippen molar-refractivity contribution in [1.82, 2.24) is 15.0 Å². The van der Waals surface area contributed by atoms with Crippen LogP contribution in [-0.2, 0) is 0 Å². The van der Waals surface area contributed by atoms with Gasteiger partial charge in [-0.1, -0.05) is 12.1 Å². The molecule has 0 radical (unpaired) electrons. The van der Waals surface area contributed by atoms with Crippen molar-refractivity contribution in [2.45, 2.75) is 13.8 Å². The molecule has 0 fully saturated rings. The fraction of sp³-hybridized carbons (Fsp3) is 0.278. The number of hydrogen-bond acceptors (Lipinski definition) is 5. The van der Waals surface area contributed by atoms with Crippen molar-refractivity contribution in [2.24, 2.45) is 0 Å². The van der Waals surface area contributed by atoms with E-state index in [0.29, 0.717) is 0 Å². The van der Waals surface area contributed by atoms with E-state index in [1.165, 1.54) is 5.69 Å². The quantitative estimate of drug-likeness (QED) is 0.781. The van der Waals surface area contributed by atoms with Crippen LogP contribution in [-0.4, -0.2) is 35.1 Å². The number of nitrogens with zero attached hydrogens (tertiary/aromatic N) is 4. The predicted octanol–water partition coefficient (Wildman–Crippen LogP) is 3.58. The summed E-state index contributed by atoms with van der Waals surface area (Å²) in [6.07, 6.45) is 3.39. The van der Waals surface area contributed by atoms with Gasteiger partial charge in [-0.2, -0.15) is 0 Å². The highest BCUT2D eigenvalue weighted by molar-refractivity contribution is 5.88. The molecule has 118 valence electrons. The van der Waals surface area contributed by atoms with Crippen LogP contribution in [0.4, 0.5) is 11.5 Å². The third-order valence-corrected chi connectivity index (χ3v) is 3.99. The van der Waals surface area contributed by atoms with Crippen LogP contribution >= 0.6 is 0 Å². The molecular formula is C18H21N5. The van der Waals surface area contributed by atoms with Gasteiger partial charge in [-0.05, 0) is 32.0 Å². The Bertz CT molecular complexity index is 794. The molecule has 2 heterocycles. The predicted molar refractivity (Wildman–Crippen MR) is 95.9 cm³/mol. The second-order valence-electron chi connectivity index (χ2n) is 5.25. The van der Waals surface area contributed by atoms with Gasteiger partial charge in [0.25, 0.3) is 0 Å². The molecule has 0 saturated heterocycles. The van der Waals surface area contributed by atoms with Gasteiger partial charge >= 0.3 is 0 Å². The minimum Gasteiger partial charge on any atom is -0.372 e. The highest BCUT2D eigenvalue weighted by Crippen LogP contribution is 2.26. The van der Waals surface area contributed by atoms with Crippen LogP contribution in [0.5, 0.6) is 0 Å². The Morgan fingerprint density at radius 3 is 2.35 bits per heavy atom. The molecule has 0 unspecified atom stereocenters. The number of nitrogens with one attached hydrogen (secondary N) is 1.